The molecule has 0 aromatic carbocycles. The van der Waals surface area contributed by atoms with Crippen molar-refractivity contribution >= 4 is 0 Å². The molecule has 92 valence electrons. The maximum Gasteiger partial charge on any atom is 0.0524 e. The fourth-order valence-corrected chi connectivity index (χ4v) is 2.19. The third-order valence-corrected chi connectivity index (χ3v) is 3.16. The van der Waals surface area contributed by atoms with E-state index in [9.17, 15) is 0 Å². The predicted octanol–water partition coefficient (Wildman–Crippen LogP) is 4.22. The van der Waals surface area contributed by atoms with E-state index in [-0.39, 0.29) is 0 Å². The van der Waals surface area contributed by atoms with Gasteiger partial charge in [-0.2, -0.15) is 5.10 Å². The average molecular weight is 222 g/mol. The number of hydrogen-bond donors (Lipinski definition) is 0. The minimum Gasteiger partial charge on any atom is -0.272 e. The summed E-state index contributed by atoms with van der Waals surface area (Å²) in [6, 6.07) is 0. The molecule has 0 atom stereocenters. The molecule has 0 N–H and O–H groups in total. The zero-order valence-electron chi connectivity index (χ0n) is 11.2. The lowest BCUT2D eigenvalue weighted by molar-refractivity contribution is 0.363. The Bertz CT molecular complexity index is 283. The fourth-order valence-electron chi connectivity index (χ4n) is 2.19. The minimum atomic E-state index is 0.588. The van der Waals surface area contributed by atoms with Gasteiger partial charge in [0.05, 0.1) is 6.20 Å². The molecule has 0 aliphatic carbocycles. The van der Waals surface area contributed by atoms with E-state index in [4.69, 9.17) is 0 Å². The standard InChI is InChI=1S/C14H26N2/c1-5-7-13(8-6-2)10-16-11-14(9-15-16)12(3)4/h9,11-13H,5-8,10H2,1-4H3. The Kier molecular flexibility index (Phi) is 5.58. The van der Waals surface area contributed by atoms with Crippen LogP contribution in [0.25, 0.3) is 0 Å². The Morgan fingerprint density at radius 3 is 2.25 bits per heavy atom. The highest BCUT2D eigenvalue weighted by atomic mass is 15.3. The lowest BCUT2D eigenvalue weighted by Gasteiger charge is -2.14. The third-order valence-electron chi connectivity index (χ3n) is 3.16. The second kappa shape index (κ2) is 6.72. The van der Waals surface area contributed by atoms with E-state index in [0.717, 1.165) is 12.5 Å². The van der Waals surface area contributed by atoms with Crippen LogP contribution in [0.3, 0.4) is 0 Å². The molecule has 0 unspecified atom stereocenters. The van der Waals surface area contributed by atoms with Crippen molar-refractivity contribution in [3.05, 3.63) is 18.0 Å². The molecule has 0 saturated carbocycles. The molecule has 16 heavy (non-hydrogen) atoms. The van der Waals surface area contributed by atoms with E-state index >= 15 is 0 Å². The van der Waals surface area contributed by atoms with Crippen molar-refractivity contribution in [2.75, 3.05) is 0 Å². The van der Waals surface area contributed by atoms with Crippen LogP contribution in [0, 0.1) is 5.92 Å². The maximum atomic E-state index is 4.46. The van der Waals surface area contributed by atoms with Crippen molar-refractivity contribution < 1.29 is 0 Å². The second-order valence-electron chi connectivity index (χ2n) is 5.09. The summed E-state index contributed by atoms with van der Waals surface area (Å²) >= 11 is 0. The smallest absolute Gasteiger partial charge is 0.0524 e. The van der Waals surface area contributed by atoms with Crippen molar-refractivity contribution in [3.8, 4) is 0 Å². The van der Waals surface area contributed by atoms with Gasteiger partial charge >= 0.3 is 0 Å². The summed E-state index contributed by atoms with van der Waals surface area (Å²) < 4.78 is 2.13. The summed E-state index contributed by atoms with van der Waals surface area (Å²) in [5.74, 6) is 1.39. The molecule has 0 spiro atoms. The quantitative estimate of drug-likeness (QED) is 0.675. The largest absolute Gasteiger partial charge is 0.272 e. The summed E-state index contributed by atoms with van der Waals surface area (Å²) in [5, 5.41) is 4.46. The van der Waals surface area contributed by atoms with Crippen LogP contribution in [-0.4, -0.2) is 9.78 Å². The summed E-state index contributed by atoms with van der Waals surface area (Å²) in [7, 11) is 0. The van der Waals surface area contributed by atoms with Crippen molar-refractivity contribution in [2.24, 2.45) is 5.92 Å². The zero-order chi connectivity index (χ0) is 12.0. The molecule has 0 saturated heterocycles. The lowest BCUT2D eigenvalue weighted by atomic mass is 9.98. The van der Waals surface area contributed by atoms with Gasteiger partial charge in [-0.15, -0.1) is 0 Å². The van der Waals surface area contributed by atoms with Crippen molar-refractivity contribution in [2.45, 2.75) is 65.8 Å². The third kappa shape index (κ3) is 3.99. The number of hydrogen-bond acceptors (Lipinski definition) is 1. The summed E-state index contributed by atoms with van der Waals surface area (Å²) in [6.45, 7) is 10.1. The van der Waals surface area contributed by atoms with Gasteiger partial charge in [-0.25, -0.2) is 0 Å². The molecule has 0 aliphatic rings. The van der Waals surface area contributed by atoms with Crippen LogP contribution in [-0.2, 0) is 6.54 Å². The van der Waals surface area contributed by atoms with Gasteiger partial charge in [0.25, 0.3) is 0 Å². The van der Waals surface area contributed by atoms with Gasteiger partial charge in [-0.3, -0.25) is 4.68 Å². The van der Waals surface area contributed by atoms with Crippen molar-refractivity contribution in [1.82, 2.24) is 9.78 Å². The minimum absolute atomic E-state index is 0.588. The number of aromatic nitrogens is 2. The Morgan fingerprint density at radius 2 is 1.81 bits per heavy atom. The lowest BCUT2D eigenvalue weighted by Crippen LogP contribution is -2.11. The highest BCUT2D eigenvalue weighted by Crippen LogP contribution is 2.18. The van der Waals surface area contributed by atoms with E-state index < -0.39 is 0 Å². The molecular formula is C14H26N2. The molecule has 2 heteroatoms. The second-order valence-corrected chi connectivity index (χ2v) is 5.09. The van der Waals surface area contributed by atoms with E-state index in [1.807, 2.05) is 6.20 Å². The highest BCUT2D eigenvalue weighted by Gasteiger charge is 2.09. The van der Waals surface area contributed by atoms with Gasteiger partial charge in [-0.05, 0) is 30.2 Å². The molecule has 1 aromatic rings. The summed E-state index contributed by atoms with van der Waals surface area (Å²) in [5.41, 5.74) is 1.35. The topological polar surface area (TPSA) is 17.8 Å². The molecule has 0 amide bonds. The van der Waals surface area contributed by atoms with Crippen LogP contribution >= 0.6 is 0 Å². The molecular weight excluding hydrogens is 196 g/mol. The first-order valence-corrected chi connectivity index (χ1v) is 6.69. The normalized spacial score (nSPS) is 11.6. The van der Waals surface area contributed by atoms with Gasteiger partial charge < -0.3 is 0 Å². The van der Waals surface area contributed by atoms with Crippen LogP contribution in [0.2, 0.25) is 0 Å². The van der Waals surface area contributed by atoms with E-state index in [1.165, 1.54) is 31.2 Å². The van der Waals surface area contributed by atoms with E-state index in [2.05, 4.69) is 43.7 Å². The Morgan fingerprint density at radius 1 is 1.19 bits per heavy atom. The van der Waals surface area contributed by atoms with Gasteiger partial charge in [0.2, 0.25) is 0 Å². The molecule has 1 heterocycles. The first kappa shape index (κ1) is 13.3. The Hall–Kier alpha value is -0.790. The Labute approximate surface area is 100 Å². The highest BCUT2D eigenvalue weighted by molar-refractivity contribution is 5.08. The summed E-state index contributed by atoms with van der Waals surface area (Å²) in [4.78, 5) is 0. The molecule has 2 nitrogen and oxygen atoms in total. The molecule has 1 aromatic heterocycles. The van der Waals surface area contributed by atoms with E-state index in [0.29, 0.717) is 5.92 Å². The van der Waals surface area contributed by atoms with Crippen LogP contribution in [0.15, 0.2) is 12.4 Å². The van der Waals surface area contributed by atoms with Crippen LogP contribution in [0.5, 0.6) is 0 Å². The maximum absolute atomic E-state index is 4.46. The van der Waals surface area contributed by atoms with Crippen molar-refractivity contribution in [1.29, 1.82) is 0 Å². The fraction of sp³-hybridized carbons (Fsp3) is 0.786. The van der Waals surface area contributed by atoms with Gasteiger partial charge in [-0.1, -0.05) is 40.5 Å². The average Bonchev–Trinajstić information content (AvgIpc) is 2.67. The molecule has 1 rings (SSSR count). The Balaban J connectivity index is 2.55. The molecule has 0 bridgehead atoms. The van der Waals surface area contributed by atoms with Gasteiger partial charge in [0.15, 0.2) is 0 Å². The number of nitrogens with zero attached hydrogens (tertiary/aromatic N) is 2. The van der Waals surface area contributed by atoms with E-state index in [1.54, 1.807) is 0 Å². The van der Waals surface area contributed by atoms with Crippen molar-refractivity contribution in [3.63, 3.8) is 0 Å². The predicted molar refractivity (Wildman–Crippen MR) is 69.6 cm³/mol. The molecule has 0 aliphatic heterocycles. The van der Waals surface area contributed by atoms with Gasteiger partial charge in [0.1, 0.15) is 0 Å². The van der Waals surface area contributed by atoms with Crippen LogP contribution in [0.4, 0.5) is 0 Å². The zero-order valence-corrected chi connectivity index (χ0v) is 11.2. The van der Waals surface area contributed by atoms with Crippen LogP contribution < -0.4 is 0 Å². The van der Waals surface area contributed by atoms with Gasteiger partial charge in [0, 0.05) is 12.7 Å². The number of rotatable bonds is 7. The SMILES string of the molecule is CCCC(CCC)Cn1cc(C(C)C)cn1. The molecule has 0 fully saturated rings. The summed E-state index contributed by atoms with van der Waals surface area (Å²) in [6.07, 6.45) is 9.43. The molecule has 0 radical (unpaired) electrons. The monoisotopic (exact) mass is 222 g/mol. The first-order chi connectivity index (χ1) is 7.67. The van der Waals surface area contributed by atoms with Crippen LogP contribution in [0.1, 0.15) is 64.9 Å². The first-order valence-electron chi connectivity index (χ1n) is 6.69.